The first-order valence-electron chi connectivity index (χ1n) is 8.22. The minimum absolute atomic E-state index is 0.139. The number of alkyl halides is 3. The van der Waals surface area contributed by atoms with Crippen molar-refractivity contribution in [2.45, 2.75) is 12.6 Å². The van der Waals surface area contributed by atoms with Crippen molar-refractivity contribution in [3.05, 3.63) is 59.8 Å². The molecule has 6 nitrogen and oxygen atoms in total. The highest BCUT2D eigenvalue weighted by Gasteiger charge is 2.33. The van der Waals surface area contributed by atoms with Gasteiger partial charge in [0.05, 0.1) is 23.4 Å². The van der Waals surface area contributed by atoms with Crippen LogP contribution >= 0.6 is 0 Å². The molecule has 0 aliphatic carbocycles. The normalized spacial score (nSPS) is 12.8. The molecule has 3 aromatic rings. The summed E-state index contributed by atoms with van der Waals surface area (Å²) in [5.41, 5.74) is -0.260. The molecule has 144 valence electrons. The van der Waals surface area contributed by atoms with E-state index in [4.69, 9.17) is 14.0 Å². The van der Waals surface area contributed by atoms with Crippen LogP contribution in [0.3, 0.4) is 0 Å². The van der Waals surface area contributed by atoms with Crippen LogP contribution in [0.4, 0.5) is 18.9 Å². The van der Waals surface area contributed by atoms with E-state index in [2.05, 4.69) is 10.5 Å². The van der Waals surface area contributed by atoms with Gasteiger partial charge in [0.25, 0.3) is 0 Å². The van der Waals surface area contributed by atoms with Crippen molar-refractivity contribution >= 4 is 11.6 Å². The molecule has 1 N–H and O–H groups in total. The third kappa shape index (κ3) is 3.64. The van der Waals surface area contributed by atoms with E-state index in [0.29, 0.717) is 22.8 Å². The number of benzene rings is 2. The number of halogens is 3. The summed E-state index contributed by atoms with van der Waals surface area (Å²) < 4.78 is 54.8. The SMILES string of the molecule is O=C(Cc1cc(-c2ccc3c(c2)OCO3)on1)Nc1ccccc1C(F)(F)F. The molecule has 0 spiro atoms. The molecule has 0 saturated carbocycles. The van der Waals surface area contributed by atoms with Crippen LogP contribution in [-0.2, 0) is 17.4 Å². The van der Waals surface area contributed by atoms with Crippen molar-refractivity contribution in [2.75, 3.05) is 12.1 Å². The number of amides is 1. The molecule has 0 fully saturated rings. The highest BCUT2D eigenvalue weighted by Crippen LogP contribution is 2.36. The lowest BCUT2D eigenvalue weighted by Crippen LogP contribution is -2.18. The Bertz CT molecular complexity index is 1030. The van der Waals surface area contributed by atoms with Crippen LogP contribution in [0.25, 0.3) is 11.3 Å². The first-order valence-corrected chi connectivity index (χ1v) is 8.22. The maximum atomic E-state index is 13.0. The van der Waals surface area contributed by atoms with Crippen LogP contribution in [0, 0.1) is 0 Å². The van der Waals surface area contributed by atoms with Gasteiger partial charge in [0, 0.05) is 11.6 Å². The van der Waals surface area contributed by atoms with Gasteiger partial charge in [0.1, 0.15) is 0 Å². The maximum absolute atomic E-state index is 13.0. The number of nitrogens with one attached hydrogen (secondary N) is 1. The number of carbonyl (C=O) groups is 1. The predicted molar refractivity (Wildman–Crippen MR) is 91.8 cm³/mol. The quantitative estimate of drug-likeness (QED) is 0.720. The van der Waals surface area contributed by atoms with Crippen molar-refractivity contribution in [1.29, 1.82) is 0 Å². The van der Waals surface area contributed by atoms with Crippen molar-refractivity contribution < 1.29 is 32.0 Å². The van der Waals surface area contributed by atoms with Crippen molar-refractivity contribution in [2.24, 2.45) is 0 Å². The summed E-state index contributed by atoms with van der Waals surface area (Å²) in [5, 5.41) is 6.08. The van der Waals surface area contributed by atoms with E-state index >= 15 is 0 Å². The standard InChI is InChI=1S/C19H13F3N2O4/c20-19(21,22)13-3-1-2-4-14(13)23-18(25)9-12-8-16(28-24-12)11-5-6-15-17(7-11)27-10-26-15/h1-8H,9-10H2,(H,23,25). The van der Waals surface area contributed by atoms with Crippen LogP contribution in [-0.4, -0.2) is 17.9 Å². The van der Waals surface area contributed by atoms with Crippen molar-refractivity contribution in [3.8, 4) is 22.8 Å². The largest absolute Gasteiger partial charge is 0.454 e. The van der Waals surface area contributed by atoms with Crippen molar-refractivity contribution in [1.82, 2.24) is 5.16 Å². The zero-order chi connectivity index (χ0) is 19.7. The van der Waals surface area contributed by atoms with Gasteiger partial charge in [-0.05, 0) is 30.3 Å². The van der Waals surface area contributed by atoms with Crippen LogP contribution in [0.1, 0.15) is 11.3 Å². The van der Waals surface area contributed by atoms with Crippen LogP contribution in [0.15, 0.2) is 53.1 Å². The van der Waals surface area contributed by atoms with E-state index in [9.17, 15) is 18.0 Å². The lowest BCUT2D eigenvalue weighted by Gasteiger charge is -2.13. The molecular weight excluding hydrogens is 377 g/mol. The second kappa shape index (κ2) is 6.91. The fraction of sp³-hybridized carbons (Fsp3) is 0.158. The summed E-state index contributed by atoms with van der Waals surface area (Å²) in [6.07, 6.45) is -4.80. The van der Waals surface area contributed by atoms with Crippen LogP contribution in [0.5, 0.6) is 11.5 Å². The first kappa shape index (κ1) is 17.9. The van der Waals surface area contributed by atoms with E-state index in [-0.39, 0.29) is 24.6 Å². The van der Waals surface area contributed by atoms with Crippen LogP contribution < -0.4 is 14.8 Å². The summed E-state index contributed by atoms with van der Waals surface area (Å²) in [5.74, 6) is 0.946. The molecule has 4 rings (SSSR count). The van der Waals surface area contributed by atoms with Gasteiger partial charge in [-0.2, -0.15) is 13.2 Å². The molecule has 2 heterocycles. The van der Waals surface area contributed by atoms with Gasteiger partial charge >= 0.3 is 6.18 Å². The van der Waals surface area contributed by atoms with Crippen molar-refractivity contribution in [3.63, 3.8) is 0 Å². The predicted octanol–water partition coefficient (Wildman–Crippen LogP) is 4.27. The molecule has 2 aromatic carbocycles. The number of carbonyl (C=O) groups excluding carboxylic acids is 1. The molecular formula is C19H13F3N2O4. The Morgan fingerprint density at radius 3 is 2.68 bits per heavy atom. The maximum Gasteiger partial charge on any atom is 0.418 e. The Morgan fingerprint density at radius 1 is 1.07 bits per heavy atom. The number of anilines is 1. The van der Waals surface area contributed by atoms with E-state index in [1.54, 1.807) is 24.3 Å². The Labute approximate surface area is 156 Å². The average molecular weight is 390 g/mol. The first-order chi connectivity index (χ1) is 13.4. The molecule has 0 radical (unpaired) electrons. The smallest absolute Gasteiger partial charge is 0.418 e. The number of nitrogens with zero attached hydrogens (tertiary/aromatic N) is 1. The Balaban J connectivity index is 1.47. The summed E-state index contributed by atoms with van der Waals surface area (Å²) >= 11 is 0. The van der Waals surface area contributed by atoms with Gasteiger partial charge in [0.15, 0.2) is 17.3 Å². The zero-order valence-corrected chi connectivity index (χ0v) is 14.2. The highest BCUT2D eigenvalue weighted by atomic mass is 19.4. The lowest BCUT2D eigenvalue weighted by molar-refractivity contribution is -0.137. The fourth-order valence-corrected chi connectivity index (χ4v) is 2.78. The molecule has 1 aliphatic heterocycles. The Kier molecular flexibility index (Phi) is 4.42. The Hall–Kier alpha value is -3.49. The summed E-state index contributed by atoms with van der Waals surface area (Å²) in [6, 6.07) is 11.5. The second-order valence-corrected chi connectivity index (χ2v) is 6.02. The number of hydrogen-bond acceptors (Lipinski definition) is 5. The lowest BCUT2D eigenvalue weighted by atomic mass is 10.1. The van der Waals surface area contributed by atoms with Gasteiger partial charge in [-0.15, -0.1) is 0 Å². The second-order valence-electron chi connectivity index (χ2n) is 6.02. The van der Waals surface area contributed by atoms with Gasteiger partial charge < -0.3 is 19.3 Å². The molecule has 0 bridgehead atoms. The molecule has 0 unspecified atom stereocenters. The summed E-state index contributed by atoms with van der Waals surface area (Å²) in [4.78, 5) is 12.2. The molecule has 1 aliphatic rings. The number of hydrogen-bond donors (Lipinski definition) is 1. The van der Waals surface area contributed by atoms with Gasteiger partial charge in [-0.25, -0.2) is 0 Å². The van der Waals surface area contributed by atoms with E-state index in [1.807, 2.05) is 0 Å². The molecule has 0 saturated heterocycles. The average Bonchev–Trinajstić information content (AvgIpc) is 3.29. The van der Waals surface area contributed by atoms with E-state index in [1.165, 1.54) is 18.2 Å². The molecule has 0 atom stereocenters. The van der Waals surface area contributed by atoms with E-state index < -0.39 is 17.6 Å². The Morgan fingerprint density at radius 2 is 1.86 bits per heavy atom. The third-order valence-corrected chi connectivity index (χ3v) is 4.06. The minimum atomic E-state index is -4.57. The van der Waals surface area contributed by atoms with Crippen LogP contribution in [0.2, 0.25) is 0 Å². The van der Waals surface area contributed by atoms with Gasteiger partial charge in [-0.3, -0.25) is 4.79 Å². The number of ether oxygens (including phenoxy) is 2. The highest BCUT2D eigenvalue weighted by molar-refractivity contribution is 5.93. The molecule has 1 amide bonds. The third-order valence-electron chi connectivity index (χ3n) is 4.06. The topological polar surface area (TPSA) is 73.6 Å². The fourth-order valence-electron chi connectivity index (χ4n) is 2.78. The monoisotopic (exact) mass is 390 g/mol. The van der Waals surface area contributed by atoms with E-state index in [0.717, 1.165) is 6.07 Å². The number of fused-ring (bicyclic) bond motifs is 1. The zero-order valence-electron chi connectivity index (χ0n) is 14.2. The van der Waals surface area contributed by atoms with Gasteiger partial charge in [-0.1, -0.05) is 17.3 Å². The number of aromatic nitrogens is 1. The molecule has 9 heteroatoms. The number of para-hydroxylation sites is 1. The number of rotatable bonds is 4. The molecule has 28 heavy (non-hydrogen) atoms. The summed E-state index contributed by atoms with van der Waals surface area (Å²) in [6.45, 7) is 0.139. The minimum Gasteiger partial charge on any atom is -0.454 e. The molecule has 1 aromatic heterocycles. The summed E-state index contributed by atoms with van der Waals surface area (Å²) in [7, 11) is 0. The van der Waals surface area contributed by atoms with Gasteiger partial charge in [0.2, 0.25) is 12.7 Å².